The highest BCUT2D eigenvalue weighted by Crippen LogP contribution is 2.61. The van der Waals surface area contributed by atoms with Gasteiger partial charge in [-0.25, -0.2) is 0 Å². The molecule has 1 saturated carbocycles. The zero-order valence-electron chi connectivity index (χ0n) is 7.55. The van der Waals surface area contributed by atoms with Gasteiger partial charge in [-0.15, -0.1) is 0 Å². The highest BCUT2D eigenvalue weighted by Gasteiger charge is 2.51. The molecule has 2 heteroatoms. The van der Waals surface area contributed by atoms with Gasteiger partial charge in [-0.1, -0.05) is 22.0 Å². The lowest BCUT2D eigenvalue weighted by Crippen LogP contribution is -2.16. The summed E-state index contributed by atoms with van der Waals surface area (Å²) in [5, 5.41) is 3.42. The monoisotopic (exact) mass is 237 g/mol. The summed E-state index contributed by atoms with van der Waals surface area (Å²) in [4.78, 5) is 0. The number of halogens is 1. The fraction of sp³-hybridized carbons (Fsp3) is 0.455. The third-order valence-electron chi connectivity index (χ3n) is 3.36. The van der Waals surface area contributed by atoms with E-state index in [1.54, 1.807) is 5.56 Å². The summed E-state index contributed by atoms with van der Waals surface area (Å²) in [6, 6.07) is 7.31. The highest BCUT2D eigenvalue weighted by molar-refractivity contribution is 9.10. The Kier molecular flexibility index (Phi) is 1.59. The van der Waals surface area contributed by atoms with Crippen molar-refractivity contribution in [3.8, 4) is 0 Å². The molecule has 0 aliphatic heterocycles. The zero-order valence-corrected chi connectivity index (χ0v) is 9.14. The second-order valence-corrected chi connectivity index (χ2v) is 4.96. The molecule has 0 heterocycles. The zero-order chi connectivity index (χ0) is 9.00. The standard InChI is InChI=1S/C11H12BrN/c1-13-11-7-3-2-6(12)4-8(7)9-5-10(9)11/h2-4,9-11,13H,5H2,1H3/t9-,10-,11-/m1/s1. The number of hydrogen-bond acceptors (Lipinski definition) is 1. The van der Waals surface area contributed by atoms with E-state index in [1.807, 2.05) is 0 Å². The van der Waals surface area contributed by atoms with Gasteiger partial charge in [0.05, 0.1) is 0 Å². The summed E-state index contributed by atoms with van der Waals surface area (Å²) in [7, 11) is 2.07. The van der Waals surface area contributed by atoms with Crippen molar-refractivity contribution in [1.29, 1.82) is 0 Å². The molecule has 3 atom stereocenters. The third-order valence-corrected chi connectivity index (χ3v) is 3.86. The number of benzene rings is 1. The van der Waals surface area contributed by atoms with E-state index in [0.29, 0.717) is 6.04 Å². The average Bonchev–Trinajstić information content (AvgIpc) is 2.84. The first-order valence-electron chi connectivity index (χ1n) is 4.78. The summed E-state index contributed by atoms with van der Waals surface area (Å²) >= 11 is 3.53. The number of rotatable bonds is 1. The van der Waals surface area contributed by atoms with Crippen LogP contribution in [-0.2, 0) is 0 Å². The maximum absolute atomic E-state index is 3.53. The summed E-state index contributed by atoms with van der Waals surface area (Å²) in [5.41, 5.74) is 3.09. The summed E-state index contributed by atoms with van der Waals surface area (Å²) in [6.45, 7) is 0. The van der Waals surface area contributed by atoms with Gasteiger partial charge >= 0.3 is 0 Å². The van der Waals surface area contributed by atoms with Gasteiger partial charge in [0.1, 0.15) is 0 Å². The maximum Gasteiger partial charge on any atom is 0.0355 e. The molecule has 3 rings (SSSR count). The second kappa shape index (κ2) is 2.58. The van der Waals surface area contributed by atoms with E-state index in [1.165, 1.54) is 16.5 Å². The van der Waals surface area contributed by atoms with Crippen LogP contribution in [0.2, 0.25) is 0 Å². The Balaban J connectivity index is 2.12. The normalized spacial score (nSPS) is 34.2. The van der Waals surface area contributed by atoms with Gasteiger partial charge in [-0.3, -0.25) is 0 Å². The average molecular weight is 238 g/mol. The Bertz CT molecular complexity index is 361. The SMILES string of the molecule is CN[C@@H]1c2ccc(Br)cc2[C@H]2C[C@H]21. The van der Waals surface area contributed by atoms with Crippen LogP contribution < -0.4 is 5.32 Å². The van der Waals surface area contributed by atoms with Crippen molar-refractivity contribution < 1.29 is 0 Å². The molecular formula is C11H12BrN. The topological polar surface area (TPSA) is 12.0 Å². The first kappa shape index (κ1) is 8.01. The lowest BCUT2D eigenvalue weighted by Gasteiger charge is -2.13. The molecule has 0 unspecified atom stereocenters. The smallest absolute Gasteiger partial charge is 0.0355 e. The Morgan fingerprint density at radius 2 is 2.23 bits per heavy atom. The van der Waals surface area contributed by atoms with E-state index in [0.717, 1.165) is 11.8 Å². The van der Waals surface area contributed by atoms with E-state index in [9.17, 15) is 0 Å². The van der Waals surface area contributed by atoms with Crippen molar-refractivity contribution >= 4 is 15.9 Å². The first-order chi connectivity index (χ1) is 6.31. The minimum atomic E-state index is 0.619. The number of fused-ring (bicyclic) bond motifs is 3. The van der Waals surface area contributed by atoms with Crippen LogP contribution >= 0.6 is 15.9 Å². The van der Waals surface area contributed by atoms with Crippen LogP contribution in [0.4, 0.5) is 0 Å². The van der Waals surface area contributed by atoms with Crippen LogP contribution in [0.1, 0.15) is 29.5 Å². The van der Waals surface area contributed by atoms with E-state index in [-0.39, 0.29) is 0 Å². The van der Waals surface area contributed by atoms with Gasteiger partial charge in [0, 0.05) is 10.5 Å². The largest absolute Gasteiger partial charge is 0.313 e. The molecule has 0 aromatic heterocycles. The lowest BCUT2D eigenvalue weighted by molar-refractivity contribution is 0.544. The molecule has 13 heavy (non-hydrogen) atoms. The van der Waals surface area contributed by atoms with E-state index in [4.69, 9.17) is 0 Å². The van der Waals surface area contributed by atoms with Gasteiger partial charge in [-0.2, -0.15) is 0 Å². The summed E-state index contributed by atoms with van der Waals surface area (Å²) in [6.07, 6.45) is 1.38. The molecule has 2 aliphatic carbocycles. The Hall–Kier alpha value is -0.340. The third kappa shape index (κ3) is 1.02. The first-order valence-corrected chi connectivity index (χ1v) is 5.57. The van der Waals surface area contributed by atoms with Gasteiger partial charge in [-0.05, 0) is 48.6 Å². The lowest BCUT2D eigenvalue weighted by atomic mass is 10.0. The molecule has 1 fully saturated rings. The number of nitrogens with one attached hydrogen (secondary N) is 1. The van der Waals surface area contributed by atoms with Crippen molar-refractivity contribution in [1.82, 2.24) is 5.32 Å². The van der Waals surface area contributed by atoms with Crippen LogP contribution in [0.3, 0.4) is 0 Å². The van der Waals surface area contributed by atoms with Gasteiger partial charge < -0.3 is 5.32 Å². The maximum atomic E-state index is 3.53. The number of hydrogen-bond donors (Lipinski definition) is 1. The second-order valence-electron chi connectivity index (χ2n) is 4.05. The Morgan fingerprint density at radius 1 is 1.38 bits per heavy atom. The van der Waals surface area contributed by atoms with E-state index >= 15 is 0 Å². The molecule has 0 amide bonds. The van der Waals surface area contributed by atoms with Crippen molar-refractivity contribution in [3.63, 3.8) is 0 Å². The van der Waals surface area contributed by atoms with Gasteiger partial charge in [0.2, 0.25) is 0 Å². The summed E-state index contributed by atoms with van der Waals surface area (Å²) < 4.78 is 1.22. The molecule has 0 bridgehead atoms. The molecule has 1 N–H and O–H groups in total. The van der Waals surface area contributed by atoms with Crippen molar-refractivity contribution in [2.24, 2.45) is 5.92 Å². The highest BCUT2D eigenvalue weighted by atomic mass is 79.9. The van der Waals surface area contributed by atoms with E-state index in [2.05, 4.69) is 46.5 Å². The van der Waals surface area contributed by atoms with Gasteiger partial charge in [0.25, 0.3) is 0 Å². The Morgan fingerprint density at radius 3 is 3.00 bits per heavy atom. The summed E-state index contributed by atoms with van der Waals surface area (Å²) in [5.74, 6) is 1.74. The minimum absolute atomic E-state index is 0.619. The predicted octanol–water partition coefficient (Wildman–Crippen LogP) is 2.83. The predicted molar refractivity (Wildman–Crippen MR) is 56.8 cm³/mol. The molecule has 0 spiro atoms. The molecule has 0 radical (unpaired) electrons. The van der Waals surface area contributed by atoms with Crippen LogP contribution in [-0.4, -0.2) is 7.05 Å². The Labute approximate surface area is 86.7 Å². The molecule has 0 saturated heterocycles. The van der Waals surface area contributed by atoms with Crippen LogP contribution in [0.25, 0.3) is 0 Å². The molecule has 2 aliphatic rings. The van der Waals surface area contributed by atoms with Gasteiger partial charge in [0.15, 0.2) is 0 Å². The van der Waals surface area contributed by atoms with Crippen LogP contribution in [0.5, 0.6) is 0 Å². The quantitative estimate of drug-likeness (QED) is 0.793. The fourth-order valence-electron chi connectivity index (χ4n) is 2.69. The van der Waals surface area contributed by atoms with E-state index < -0.39 is 0 Å². The van der Waals surface area contributed by atoms with Crippen molar-refractivity contribution in [3.05, 3.63) is 33.8 Å². The van der Waals surface area contributed by atoms with Crippen molar-refractivity contribution in [2.75, 3.05) is 7.05 Å². The van der Waals surface area contributed by atoms with Crippen molar-refractivity contribution in [2.45, 2.75) is 18.4 Å². The van der Waals surface area contributed by atoms with Crippen LogP contribution in [0.15, 0.2) is 22.7 Å². The van der Waals surface area contributed by atoms with Crippen LogP contribution in [0, 0.1) is 5.92 Å². The molecule has 1 aromatic rings. The fourth-order valence-corrected chi connectivity index (χ4v) is 3.07. The minimum Gasteiger partial charge on any atom is -0.313 e. The molecule has 1 nitrogen and oxygen atoms in total. The molecule has 68 valence electrons. The molecule has 1 aromatic carbocycles. The molecular weight excluding hydrogens is 226 g/mol.